The van der Waals surface area contributed by atoms with Crippen molar-refractivity contribution in [2.24, 2.45) is 0 Å². The standard InChI is InChI=1S/C15H17N3O2S/c1-9-4-5-13(10(2)6-9)18-14(20)7-12-8-21-15(17-12)16-11(3)19/h4-6,8H,7H2,1-3H3,(H,18,20)(H,16,17,19). The Morgan fingerprint density at radius 3 is 2.67 bits per heavy atom. The molecule has 1 aromatic heterocycles. The van der Waals surface area contributed by atoms with Gasteiger partial charge in [-0.25, -0.2) is 4.98 Å². The molecule has 6 heteroatoms. The van der Waals surface area contributed by atoms with Crippen LogP contribution in [0.2, 0.25) is 0 Å². The van der Waals surface area contributed by atoms with Crippen LogP contribution in [-0.4, -0.2) is 16.8 Å². The summed E-state index contributed by atoms with van der Waals surface area (Å²) in [7, 11) is 0. The van der Waals surface area contributed by atoms with Crippen molar-refractivity contribution in [2.45, 2.75) is 27.2 Å². The van der Waals surface area contributed by atoms with Crippen LogP contribution in [0.15, 0.2) is 23.6 Å². The Morgan fingerprint density at radius 1 is 1.24 bits per heavy atom. The Hall–Kier alpha value is -2.21. The van der Waals surface area contributed by atoms with Crippen molar-refractivity contribution in [3.05, 3.63) is 40.4 Å². The first kappa shape index (κ1) is 15.2. The smallest absolute Gasteiger partial charge is 0.230 e. The summed E-state index contributed by atoms with van der Waals surface area (Å²) in [5, 5.41) is 7.76. The molecule has 5 nitrogen and oxygen atoms in total. The minimum absolute atomic E-state index is 0.123. The number of hydrogen-bond acceptors (Lipinski definition) is 4. The largest absolute Gasteiger partial charge is 0.326 e. The number of carbonyl (C=O) groups excluding carboxylic acids is 2. The van der Waals surface area contributed by atoms with E-state index in [2.05, 4.69) is 15.6 Å². The van der Waals surface area contributed by atoms with Gasteiger partial charge in [0.25, 0.3) is 0 Å². The summed E-state index contributed by atoms with van der Waals surface area (Å²) >= 11 is 1.31. The first-order valence-corrected chi connectivity index (χ1v) is 7.41. The van der Waals surface area contributed by atoms with Crippen molar-refractivity contribution in [3.63, 3.8) is 0 Å². The second-order valence-corrected chi connectivity index (χ2v) is 5.73. The lowest BCUT2D eigenvalue weighted by Gasteiger charge is -2.08. The molecule has 0 radical (unpaired) electrons. The molecule has 0 aliphatic rings. The topological polar surface area (TPSA) is 71.1 Å². The second kappa shape index (κ2) is 6.49. The predicted molar refractivity (Wildman–Crippen MR) is 84.7 cm³/mol. The minimum atomic E-state index is -0.171. The normalized spacial score (nSPS) is 10.2. The SMILES string of the molecule is CC(=O)Nc1nc(CC(=O)Nc2ccc(C)cc2C)cs1. The van der Waals surface area contributed by atoms with Gasteiger partial charge in [-0.15, -0.1) is 11.3 Å². The zero-order valence-corrected chi connectivity index (χ0v) is 13.0. The van der Waals surface area contributed by atoms with Gasteiger partial charge in [0.05, 0.1) is 12.1 Å². The molecule has 21 heavy (non-hydrogen) atoms. The molecule has 0 atom stereocenters. The van der Waals surface area contributed by atoms with Crippen LogP contribution < -0.4 is 10.6 Å². The van der Waals surface area contributed by atoms with E-state index in [-0.39, 0.29) is 18.2 Å². The molecule has 2 amide bonds. The number of amides is 2. The molecular formula is C15H17N3O2S. The van der Waals surface area contributed by atoms with Crippen molar-refractivity contribution in [1.82, 2.24) is 4.98 Å². The third kappa shape index (κ3) is 4.39. The minimum Gasteiger partial charge on any atom is -0.326 e. The summed E-state index contributed by atoms with van der Waals surface area (Å²) in [6, 6.07) is 5.88. The Balaban J connectivity index is 1.98. The average molecular weight is 303 g/mol. The number of aromatic nitrogens is 1. The molecule has 0 fully saturated rings. The molecule has 0 saturated heterocycles. The zero-order valence-electron chi connectivity index (χ0n) is 12.2. The van der Waals surface area contributed by atoms with Crippen LogP contribution >= 0.6 is 11.3 Å². The molecule has 1 heterocycles. The molecule has 0 saturated carbocycles. The summed E-state index contributed by atoms with van der Waals surface area (Å²) in [6.45, 7) is 5.39. The van der Waals surface area contributed by atoms with Gasteiger partial charge in [-0.1, -0.05) is 17.7 Å². The van der Waals surface area contributed by atoms with Gasteiger partial charge in [0, 0.05) is 18.0 Å². The van der Waals surface area contributed by atoms with Gasteiger partial charge in [0.15, 0.2) is 5.13 Å². The molecule has 110 valence electrons. The number of carbonyl (C=O) groups is 2. The Bertz CT molecular complexity index is 679. The molecule has 2 aromatic rings. The van der Waals surface area contributed by atoms with E-state index in [1.54, 1.807) is 5.38 Å². The average Bonchev–Trinajstić information content (AvgIpc) is 2.79. The van der Waals surface area contributed by atoms with Crippen molar-refractivity contribution >= 4 is 34.0 Å². The number of benzene rings is 1. The molecular weight excluding hydrogens is 286 g/mol. The Labute approximate surface area is 127 Å². The van der Waals surface area contributed by atoms with Crippen LogP contribution in [0.3, 0.4) is 0 Å². The highest BCUT2D eigenvalue weighted by atomic mass is 32.1. The highest BCUT2D eigenvalue weighted by molar-refractivity contribution is 7.13. The molecule has 1 aromatic carbocycles. The van der Waals surface area contributed by atoms with E-state index >= 15 is 0 Å². The fourth-order valence-corrected chi connectivity index (χ4v) is 2.67. The summed E-state index contributed by atoms with van der Waals surface area (Å²) in [6.07, 6.45) is 0.184. The van der Waals surface area contributed by atoms with Crippen molar-refractivity contribution in [1.29, 1.82) is 0 Å². The monoisotopic (exact) mass is 303 g/mol. The number of anilines is 2. The maximum atomic E-state index is 12.0. The highest BCUT2D eigenvalue weighted by Gasteiger charge is 2.10. The molecule has 0 unspecified atom stereocenters. The van der Waals surface area contributed by atoms with Crippen LogP contribution in [0.5, 0.6) is 0 Å². The Morgan fingerprint density at radius 2 is 2.00 bits per heavy atom. The van der Waals surface area contributed by atoms with Crippen LogP contribution in [0.25, 0.3) is 0 Å². The van der Waals surface area contributed by atoms with E-state index < -0.39 is 0 Å². The summed E-state index contributed by atoms with van der Waals surface area (Å²) < 4.78 is 0. The van der Waals surface area contributed by atoms with Gasteiger partial charge in [-0.05, 0) is 25.5 Å². The van der Waals surface area contributed by atoms with E-state index in [9.17, 15) is 9.59 Å². The van der Waals surface area contributed by atoms with Crippen molar-refractivity contribution in [3.8, 4) is 0 Å². The van der Waals surface area contributed by atoms with E-state index in [0.29, 0.717) is 10.8 Å². The number of rotatable bonds is 4. The Kier molecular flexibility index (Phi) is 4.70. The van der Waals surface area contributed by atoms with E-state index in [1.165, 1.54) is 18.3 Å². The number of nitrogens with zero attached hydrogens (tertiary/aromatic N) is 1. The zero-order chi connectivity index (χ0) is 15.4. The molecule has 0 bridgehead atoms. The fraction of sp³-hybridized carbons (Fsp3) is 0.267. The van der Waals surface area contributed by atoms with E-state index in [0.717, 1.165) is 16.8 Å². The first-order chi connectivity index (χ1) is 9.94. The van der Waals surface area contributed by atoms with Gasteiger partial charge in [0.2, 0.25) is 11.8 Å². The van der Waals surface area contributed by atoms with Crippen LogP contribution in [0.4, 0.5) is 10.8 Å². The lowest BCUT2D eigenvalue weighted by molar-refractivity contribution is -0.116. The molecule has 2 N–H and O–H groups in total. The second-order valence-electron chi connectivity index (χ2n) is 4.87. The highest BCUT2D eigenvalue weighted by Crippen LogP contribution is 2.18. The molecule has 0 aliphatic heterocycles. The van der Waals surface area contributed by atoms with Gasteiger partial charge >= 0.3 is 0 Å². The van der Waals surface area contributed by atoms with E-state index in [4.69, 9.17) is 0 Å². The lowest BCUT2D eigenvalue weighted by Crippen LogP contribution is -2.15. The molecule has 0 aliphatic carbocycles. The van der Waals surface area contributed by atoms with Crippen LogP contribution in [0, 0.1) is 13.8 Å². The van der Waals surface area contributed by atoms with Crippen molar-refractivity contribution < 1.29 is 9.59 Å². The maximum Gasteiger partial charge on any atom is 0.230 e. The predicted octanol–water partition coefficient (Wildman–Crippen LogP) is 2.90. The first-order valence-electron chi connectivity index (χ1n) is 6.53. The number of hydrogen-bond donors (Lipinski definition) is 2. The summed E-state index contributed by atoms with van der Waals surface area (Å²) in [5.41, 5.74) is 3.64. The van der Waals surface area contributed by atoms with E-state index in [1.807, 2.05) is 32.0 Å². The summed E-state index contributed by atoms with van der Waals surface area (Å²) in [5.74, 6) is -0.294. The fourth-order valence-electron chi connectivity index (χ4n) is 1.91. The summed E-state index contributed by atoms with van der Waals surface area (Å²) in [4.78, 5) is 27.1. The maximum absolute atomic E-state index is 12.0. The van der Waals surface area contributed by atoms with Gasteiger partial charge in [-0.2, -0.15) is 0 Å². The third-order valence-electron chi connectivity index (χ3n) is 2.83. The number of aryl methyl sites for hydroxylation is 2. The quantitative estimate of drug-likeness (QED) is 0.912. The third-order valence-corrected chi connectivity index (χ3v) is 3.64. The van der Waals surface area contributed by atoms with Crippen LogP contribution in [-0.2, 0) is 16.0 Å². The van der Waals surface area contributed by atoms with Crippen molar-refractivity contribution in [2.75, 3.05) is 10.6 Å². The lowest BCUT2D eigenvalue weighted by atomic mass is 10.1. The van der Waals surface area contributed by atoms with Gasteiger partial charge in [0.1, 0.15) is 0 Å². The number of nitrogens with one attached hydrogen (secondary N) is 2. The van der Waals surface area contributed by atoms with Gasteiger partial charge < -0.3 is 10.6 Å². The van der Waals surface area contributed by atoms with Gasteiger partial charge in [-0.3, -0.25) is 9.59 Å². The molecule has 2 rings (SSSR count). The molecule has 0 spiro atoms. The van der Waals surface area contributed by atoms with Crippen LogP contribution in [0.1, 0.15) is 23.7 Å². The number of thiazole rings is 1.